The maximum absolute atomic E-state index is 14.8. The van der Waals surface area contributed by atoms with Crippen molar-refractivity contribution < 1.29 is 24.2 Å². The number of hydrogen-bond donors (Lipinski definition) is 2. The molecule has 2 amide bonds. The van der Waals surface area contributed by atoms with Crippen LogP contribution in [0.4, 0.5) is 11.4 Å². The second-order valence-electron chi connectivity index (χ2n) is 14.1. The maximum Gasteiger partial charge on any atom is 0.264 e. The van der Waals surface area contributed by atoms with E-state index in [2.05, 4.69) is 26.2 Å². The number of aliphatic hydroxyl groups excluding tert-OH is 1. The van der Waals surface area contributed by atoms with Crippen LogP contribution in [0.2, 0.25) is 18.6 Å². The lowest BCUT2D eigenvalue weighted by atomic mass is 9.82. The number of amides is 2. The highest BCUT2D eigenvalue weighted by atomic mass is 79.9. The van der Waals surface area contributed by atoms with Crippen LogP contribution in [0.1, 0.15) is 54.5 Å². The summed E-state index contributed by atoms with van der Waals surface area (Å²) in [6, 6.07) is 23.5. The molecular weight excluding hydrogens is 702 g/mol. The largest absolute Gasteiger partial charge is 0.432 e. The lowest BCUT2D eigenvalue weighted by molar-refractivity contribution is -0.146. The normalized spacial score (nSPS) is 24.3. The molecule has 10 nitrogen and oxygen atoms in total. The van der Waals surface area contributed by atoms with Crippen molar-refractivity contribution in [3.63, 3.8) is 0 Å². The van der Waals surface area contributed by atoms with Gasteiger partial charge in [-0.3, -0.25) is 14.3 Å². The molecule has 3 aliphatic heterocycles. The minimum atomic E-state index is -2.86. The molecule has 4 aromatic rings. The van der Waals surface area contributed by atoms with E-state index in [-0.39, 0.29) is 35.8 Å². The van der Waals surface area contributed by atoms with Crippen LogP contribution in [0.3, 0.4) is 0 Å². The molecule has 5 atom stereocenters. The number of nitrogens with zero attached hydrogens (tertiary/aromatic N) is 5. The molecule has 2 saturated heterocycles. The zero-order valence-electron chi connectivity index (χ0n) is 28.0. The molecule has 0 saturated carbocycles. The molecule has 2 N–H and O–H groups in total. The van der Waals surface area contributed by atoms with Crippen molar-refractivity contribution in [1.29, 1.82) is 0 Å². The molecule has 0 aliphatic carbocycles. The Bertz CT molecular complexity index is 1870. The van der Waals surface area contributed by atoms with Gasteiger partial charge >= 0.3 is 0 Å². The van der Waals surface area contributed by atoms with Gasteiger partial charge in [0.1, 0.15) is 0 Å². The van der Waals surface area contributed by atoms with E-state index in [9.17, 15) is 19.5 Å². The number of fused-ring (bicyclic) bond motifs is 2. The number of aromatic nitrogens is 3. The number of carbonyl (C=O) groups is 2. The first kappa shape index (κ1) is 33.8. The third kappa shape index (κ3) is 6.07. The van der Waals surface area contributed by atoms with Crippen molar-refractivity contribution in [3.8, 4) is 0 Å². The van der Waals surface area contributed by atoms with Gasteiger partial charge in [-0.25, -0.2) is 0 Å². The van der Waals surface area contributed by atoms with Crippen LogP contribution < -0.4 is 9.80 Å². The maximum atomic E-state index is 14.8. The third-order valence-corrected chi connectivity index (χ3v) is 13.5. The van der Waals surface area contributed by atoms with Crippen molar-refractivity contribution in [1.82, 2.24) is 15.0 Å². The van der Waals surface area contributed by atoms with E-state index in [1.54, 1.807) is 9.58 Å². The highest BCUT2D eigenvalue weighted by Crippen LogP contribution is 2.60. The number of anilines is 2. The zero-order chi connectivity index (χ0) is 34.5. The molecule has 7 rings (SSSR count). The molecule has 0 bridgehead atoms. The Hall–Kier alpha value is -3.68. The highest BCUT2D eigenvalue weighted by molar-refractivity contribution is 9.10. The molecule has 3 aliphatic rings. The molecule has 256 valence electrons. The molecule has 2 fully saturated rings. The fraction of sp³-hybridized carbons (Fsp3) is 0.405. The first-order chi connectivity index (χ1) is 23.5. The number of hydrogen-bond acceptors (Lipinski definition) is 7. The number of benzene rings is 3. The average Bonchev–Trinajstić information content (AvgIpc) is 3.84. The number of rotatable bonds is 10. The third-order valence-electron chi connectivity index (χ3n) is 10.5. The molecule has 49 heavy (non-hydrogen) atoms. The van der Waals surface area contributed by atoms with E-state index in [0.29, 0.717) is 38.2 Å². The van der Waals surface area contributed by atoms with E-state index in [1.807, 2.05) is 104 Å². The van der Waals surface area contributed by atoms with Crippen LogP contribution >= 0.6 is 15.9 Å². The summed E-state index contributed by atoms with van der Waals surface area (Å²) in [6.07, 6.45) is 3.37. The molecule has 12 heteroatoms. The molecule has 4 heterocycles. The molecule has 1 unspecified atom stereocenters. The Morgan fingerprint density at radius 3 is 2.59 bits per heavy atom. The van der Waals surface area contributed by atoms with Gasteiger partial charge < -0.3 is 24.4 Å². The van der Waals surface area contributed by atoms with Gasteiger partial charge in [-0.1, -0.05) is 70.5 Å². The summed E-state index contributed by atoms with van der Waals surface area (Å²) >= 11 is 3.64. The first-order valence-corrected chi connectivity index (χ1v) is 20.8. The second kappa shape index (κ2) is 13.2. The number of halogens is 1. The van der Waals surface area contributed by atoms with Gasteiger partial charge in [0.15, 0.2) is 13.9 Å². The van der Waals surface area contributed by atoms with Gasteiger partial charge in [0.05, 0.1) is 36.6 Å². The van der Waals surface area contributed by atoms with Crippen molar-refractivity contribution in [3.05, 3.63) is 106 Å². The quantitative estimate of drug-likeness (QED) is 0.199. The lowest BCUT2D eigenvalue weighted by Crippen LogP contribution is -2.46. The Morgan fingerprint density at radius 1 is 1.08 bits per heavy atom. The second-order valence-corrected chi connectivity index (χ2v) is 19.0. The molecule has 0 radical (unpaired) electrons. The average molecular weight is 745 g/mol. The summed E-state index contributed by atoms with van der Waals surface area (Å²) in [5, 5.41) is 18.9. The van der Waals surface area contributed by atoms with Crippen LogP contribution in [-0.4, -0.2) is 64.3 Å². The zero-order valence-corrected chi connectivity index (χ0v) is 30.6. The van der Waals surface area contributed by atoms with Crippen LogP contribution in [0.15, 0.2) is 83.5 Å². The van der Waals surface area contributed by atoms with Crippen LogP contribution in [0.25, 0.3) is 0 Å². The van der Waals surface area contributed by atoms with E-state index in [0.717, 1.165) is 39.0 Å². The number of carbonyl (C=O) groups excluding carboxylic acids is 2. The summed E-state index contributed by atoms with van der Waals surface area (Å²) < 4.78 is 9.62. The summed E-state index contributed by atoms with van der Waals surface area (Å²) in [5.74, 6) is -0.605. The standard InChI is InChI=1S/C37H42BrN5O5Si/c1-24-35(49(2,3)47)33(16-18-41-22-31(39-40-41)29(23-44)26-10-5-4-6-11-26)48-37(24)30-20-27(38)14-15-32(30)43(36(37)46)21-25-9-7-12-28(19-25)42-17-8-13-34(42)45/h4-7,9-12,14-15,19-20,22,24,29,33,35,44,47H,8,13,16-18,21,23H2,1-3H3/t24-,29?,33+,35-,37+/m1/s1. The van der Waals surface area contributed by atoms with Gasteiger partial charge in [-0.05, 0) is 67.4 Å². The van der Waals surface area contributed by atoms with Gasteiger partial charge in [-0.15, -0.1) is 5.10 Å². The van der Waals surface area contributed by atoms with Gasteiger partial charge in [-0.2, -0.15) is 0 Å². The van der Waals surface area contributed by atoms with Crippen LogP contribution in [0, 0.1) is 5.92 Å². The summed E-state index contributed by atoms with van der Waals surface area (Å²) in [6.45, 7) is 7.30. The minimum Gasteiger partial charge on any atom is -0.432 e. The summed E-state index contributed by atoms with van der Waals surface area (Å²) in [7, 11) is -2.86. The Balaban J connectivity index is 1.17. The molecular formula is C37H42BrN5O5Si. The SMILES string of the molecule is C[C@@H]1[C@@H]([Si](C)(C)O)[C@H](CCn2cc(C(CO)c3ccccc3)nn2)O[C@@]12C(=O)N(Cc1cccc(N3CCCC3=O)c1)c1ccc(Br)cc12. The van der Waals surface area contributed by atoms with Crippen LogP contribution in [-0.2, 0) is 33.0 Å². The van der Waals surface area contributed by atoms with Gasteiger partial charge in [0, 0.05) is 52.9 Å². The Labute approximate surface area is 296 Å². The Morgan fingerprint density at radius 2 is 1.88 bits per heavy atom. The van der Waals surface area contributed by atoms with E-state index < -0.39 is 20.0 Å². The lowest BCUT2D eigenvalue weighted by Gasteiger charge is -2.32. The Kier molecular flexibility index (Phi) is 9.12. The monoisotopic (exact) mass is 743 g/mol. The van der Waals surface area contributed by atoms with Crippen molar-refractivity contribution in [2.24, 2.45) is 5.92 Å². The minimum absolute atomic E-state index is 0.0882. The molecule has 3 aromatic carbocycles. The molecule has 1 spiro atoms. The van der Waals surface area contributed by atoms with E-state index in [1.165, 1.54) is 0 Å². The number of aliphatic hydroxyl groups is 1. The number of aryl methyl sites for hydroxylation is 1. The predicted octanol–water partition coefficient (Wildman–Crippen LogP) is 5.73. The van der Waals surface area contributed by atoms with E-state index >= 15 is 0 Å². The first-order valence-electron chi connectivity index (χ1n) is 17.0. The van der Waals surface area contributed by atoms with Crippen molar-refractivity contribution >= 4 is 47.4 Å². The van der Waals surface area contributed by atoms with E-state index in [4.69, 9.17) is 4.74 Å². The molecule has 1 aromatic heterocycles. The topological polar surface area (TPSA) is 121 Å². The van der Waals surface area contributed by atoms with Gasteiger partial charge in [0.25, 0.3) is 5.91 Å². The van der Waals surface area contributed by atoms with Gasteiger partial charge in [0.2, 0.25) is 5.91 Å². The summed E-state index contributed by atoms with van der Waals surface area (Å²) in [5.41, 5.74) is 3.50. The van der Waals surface area contributed by atoms with Crippen molar-refractivity contribution in [2.45, 2.75) is 75.5 Å². The van der Waals surface area contributed by atoms with Crippen molar-refractivity contribution in [2.75, 3.05) is 23.0 Å². The highest BCUT2D eigenvalue weighted by Gasteiger charge is 2.66. The van der Waals surface area contributed by atoms with Crippen LogP contribution in [0.5, 0.6) is 0 Å². The fourth-order valence-corrected chi connectivity index (χ4v) is 11.3. The summed E-state index contributed by atoms with van der Waals surface area (Å²) in [4.78, 5) is 42.7. The fourth-order valence-electron chi connectivity index (χ4n) is 8.30. The predicted molar refractivity (Wildman–Crippen MR) is 193 cm³/mol. The smallest absolute Gasteiger partial charge is 0.264 e. The number of ether oxygens (including phenoxy) is 1.